The molecule has 0 bridgehead atoms. The summed E-state index contributed by atoms with van der Waals surface area (Å²) >= 11 is 0. The number of nitrogens with two attached hydrogens (primary N) is 1. The van der Waals surface area contributed by atoms with Gasteiger partial charge >= 0.3 is 0 Å². The highest BCUT2D eigenvalue weighted by atomic mass is 32.2. The number of nitrogens with zero attached hydrogens (tertiary/aromatic N) is 2. The first-order chi connectivity index (χ1) is 9.94. The molecule has 8 nitrogen and oxygen atoms in total. The minimum absolute atomic E-state index is 0.0153. The van der Waals surface area contributed by atoms with Gasteiger partial charge in [-0.05, 0) is 25.0 Å². The first-order valence-corrected chi connectivity index (χ1v) is 7.62. The molecular formula is C12H14N6O2S. The number of nitrogens with one attached hydrogen (secondary N) is 3. The molecule has 0 amide bonds. The van der Waals surface area contributed by atoms with E-state index in [1.54, 1.807) is 18.2 Å². The molecule has 0 atom stereocenters. The summed E-state index contributed by atoms with van der Waals surface area (Å²) in [5.41, 5.74) is 7.53. The van der Waals surface area contributed by atoms with Gasteiger partial charge in [0.1, 0.15) is 11.0 Å². The molecule has 0 spiro atoms. The number of rotatable bonds is 6. The van der Waals surface area contributed by atoms with Gasteiger partial charge in [-0.2, -0.15) is 10.4 Å². The molecule has 0 radical (unpaired) electrons. The van der Waals surface area contributed by atoms with Crippen LogP contribution in [0, 0.1) is 16.7 Å². The fourth-order valence-corrected chi connectivity index (χ4v) is 3.00. The van der Waals surface area contributed by atoms with Crippen LogP contribution < -0.4 is 15.9 Å². The summed E-state index contributed by atoms with van der Waals surface area (Å²) < 4.78 is 27.0. The first-order valence-electron chi connectivity index (χ1n) is 6.13. The molecule has 0 saturated heterocycles. The predicted octanol–water partition coefficient (Wildman–Crippen LogP) is 0.355. The van der Waals surface area contributed by atoms with Gasteiger partial charge in [0.2, 0.25) is 15.7 Å². The molecule has 0 unspecified atom stereocenters. The van der Waals surface area contributed by atoms with Crippen molar-refractivity contribution >= 4 is 27.3 Å². The van der Waals surface area contributed by atoms with Crippen LogP contribution in [0.25, 0.3) is 0 Å². The van der Waals surface area contributed by atoms with Crippen LogP contribution in [0.15, 0.2) is 34.3 Å². The Hall–Kier alpha value is -2.44. The Morgan fingerprint density at radius 1 is 1.43 bits per heavy atom. The van der Waals surface area contributed by atoms with Crippen LogP contribution in [0.4, 0.5) is 5.69 Å². The number of amidine groups is 1. The molecule has 1 saturated carbocycles. The number of benzene rings is 1. The average Bonchev–Trinajstić information content (AvgIpc) is 3.22. The maximum Gasteiger partial charge on any atom is 0.242 e. The largest absolute Gasteiger partial charge is 0.382 e. The summed E-state index contributed by atoms with van der Waals surface area (Å²) in [7, 11) is -3.65. The van der Waals surface area contributed by atoms with Crippen LogP contribution in [0.1, 0.15) is 12.8 Å². The minimum atomic E-state index is -3.65. The van der Waals surface area contributed by atoms with Crippen molar-refractivity contribution in [1.29, 1.82) is 10.7 Å². The summed E-state index contributed by atoms with van der Waals surface area (Å²) in [6.45, 7) is 0. The SMILES string of the molecule is N#C/C(=N\Nc1ccccc1S(=O)(=O)NC1CC1)C(=N)N. The second-order valence-electron chi connectivity index (χ2n) is 4.49. The number of hydrazone groups is 1. The van der Waals surface area contributed by atoms with E-state index in [0.29, 0.717) is 0 Å². The van der Waals surface area contributed by atoms with Crippen LogP contribution in [-0.4, -0.2) is 26.0 Å². The lowest BCUT2D eigenvalue weighted by atomic mass is 10.3. The summed E-state index contributed by atoms with van der Waals surface area (Å²) in [4.78, 5) is 0.0292. The fraction of sp³-hybridized carbons (Fsp3) is 0.250. The van der Waals surface area contributed by atoms with Crippen molar-refractivity contribution in [3.8, 4) is 6.07 Å². The highest BCUT2D eigenvalue weighted by Crippen LogP contribution is 2.25. The number of sulfonamides is 1. The Labute approximate surface area is 122 Å². The van der Waals surface area contributed by atoms with Gasteiger partial charge in [0.15, 0.2) is 5.84 Å². The lowest BCUT2D eigenvalue weighted by Gasteiger charge is -2.10. The van der Waals surface area contributed by atoms with Crippen molar-refractivity contribution in [3.05, 3.63) is 24.3 Å². The second-order valence-corrected chi connectivity index (χ2v) is 6.17. The smallest absolute Gasteiger partial charge is 0.242 e. The van der Waals surface area contributed by atoms with Crippen LogP contribution in [0.2, 0.25) is 0 Å². The fourth-order valence-electron chi connectivity index (χ4n) is 1.54. The molecule has 1 aromatic rings. The van der Waals surface area contributed by atoms with Gasteiger partial charge in [-0.25, -0.2) is 13.1 Å². The van der Waals surface area contributed by atoms with Crippen molar-refractivity contribution in [3.63, 3.8) is 0 Å². The number of anilines is 1. The van der Waals surface area contributed by atoms with Gasteiger partial charge in [-0.1, -0.05) is 12.1 Å². The number of hydrogen-bond acceptors (Lipinski definition) is 6. The van der Waals surface area contributed by atoms with Crippen LogP contribution >= 0.6 is 0 Å². The molecule has 110 valence electrons. The normalized spacial score (nSPS) is 15.3. The molecule has 0 aromatic heterocycles. The lowest BCUT2D eigenvalue weighted by molar-refractivity contribution is 0.581. The standard InChI is InChI=1S/C12H14N6O2S/c13-7-10(12(14)15)17-16-9-3-1-2-4-11(9)21(19,20)18-8-5-6-8/h1-4,8,16,18H,5-6H2,(H3,14,15)/b17-10+. The van der Waals surface area contributed by atoms with E-state index in [1.165, 1.54) is 12.1 Å². The Balaban J connectivity index is 2.29. The van der Waals surface area contributed by atoms with Gasteiger partial charge < -0.3 is 5.73 Å². The summed E-state index contributed by atoms with van der Waals surface area (Å²) in [5, 5.41) is 19.6. The molecule has 1 aliphatic carbocycles. The quantitative estimate of drug-likeness (QED) is 0.340. The molecular weight excluding hydrogens is 292 g/mol. The Morgan fingerprint density at radius 2 is 2.10 bits per heavy atom. The maximum absolute atomic E-state index is 12.2. The number of nitriles is 1. The molecule has 21 heavy (non-hydrogen) atoms. The third-order valence-electron chi connectivity index (χ3n) is 2.72. The third-order valence-corrected chi connectivity index (χ3v) is 4.30. The van der Waals surface area contributed by atoms with Crippen molar-refractivity contribution in [2.24, 2.45) is 10.8 Å². The second kappa shape index (κ2) is 5.90. The monoisotopic (exact) mass is 306 g/mol. The van der Waals surface area contributed by atoms with E-state index < -0.39 is 15.9 Å². The van der Waals surface area contributed by atoms with Crippen LogP contribution in [0.5, 0.6) is 0 Å². The zero-order chi connectivity index (χ0) is 15.5. The summed E-state index contributed by atoms with van der Waals surface area (Å²) in [6.07, 6.45) is 1.66. The molecule has 1 aliphatic rings. The maximum atomic E-state index is 12.2. The molecule has 9 heteroatoms. The van der Waals surface area contributed by atoms with Crippen molar-refractivity contribution < 1.29 is 8.42 Å². The van der Waals surface area contributed by atoms with Crippen LogP contribution in [-0.2, 0) is 10.0 Å². The van der Waals surface area contributed by atoms with Crippen molar-refractivity contribution in [2.75, 3.05) is 5.43 Å². The molecule has 0 heterocycles. The van der Waals surface area contributed by atoms with Crippen molar-refractivity contribution in [2.45, 2.75) is 23.8 Å². The van der Waals surface area contributed by atoms with E-state index in [-0.39, 0.29) is 22.3 Å². The van der Waals surface area contributed by atoms with Gasteiger partial charge in [-0.3, -0.25) is 10.8 Å². The molecule has 0 aliphatic heterocycles. The minimum Gasteiger partial charge on any atom is -0.382 e. The number of hydrogen-bond donors (Lipinski definition) is 4. The number of para-hydroxylation sites is 1. The van der Waals surface area contributed by atoms with Gasteiger partial charge in [0.05, 0.1) is 5.69 Å². The first kappa shape index (κ1) is 15.0. The van der Waals surface area contributed by atoms with E-state index in [0.717, 1.165) is 12.8 Å². The third kappa shape index (κ3) is 3.77. The lowest BCUT2D eigenvalue weighted by Crippen LogP contribution is -2.26. The highest BCUT2D eigenvalue weighted by molar-refractivity contribution is 7.89. The molecule has 5 N–H and O–H groups in total. The van der Waals surface area contributed by atoms with E-state index >= 15 is 0 Å². The van der Waals surface area contributed by atoms with E-state index in [1.807, 2.05) is 0 Å². The molecule has 1 fully saturated rings. The molecule has 2 rings (SSSR count). The zero-order valence-electron chi connectivity index (χ0n) is 11.0. The van der Waals surface area contributed by atoms with Crippen LogP contribution in [0.3, 0.4) is 0 Å². The van der Waals surface area contributed by atoms with Gasteiger partial charge in [-0.15, -0.1) is 0 Å². The zero-order valence-corrected chi connectivity index (χ0v) is 11.8. The van der Waals surface area contributed by atoms with Gasteiger partial charge in [0.25, 0.3) is 0 Å². The molecule has 1 aromatic carbocycles. The van der Waals surface area contributed by atoms with E-state index in [2.05, 4.69) is 15.2 Å². The highest BCUT2D eigenvalue weighted by Gasteiger charge is 2.29. The Morgan fingerprint density at radius 3 is 2.67 bits per heavy atom. The van der Waals surface area contributed by atoms with Crippen molar-refractivity contribution in [1.82, 2.24) is 4.72 Å². The van der Waals surface area contributed by atoms with Gasteiger partial charge in [0, 0.05) is 6.04 Å². The summed E-state index contributed by atoms with van der Waals surface area (Å²) in [6, 6.07) is 7.80. The Kier molecular flexibility index (Phi) is 4.21. The topological polar surface area (TPSA) is 144 Å². The summed E-state index contributed by atoms with van der Waals surface area (Å²) in [5.74, 6) is -0.499. The Bertz CT molecular complexity index is 730. The van der Waals surface area contributed by atoms with E-state index in [9.17, 15) is 8.42 Å². The van der Waals surface area contributed by atoms with E-state index in [4.69, 9.17) is 16.4 Å². The predicted molar refractivity (Wildman–Crippen MR) is 78.4 cm³/mol. The average molecular weight is 306 g/mol.